The van der Waals surface area contributed by atoms with Crippen molar-refractivity contribution in [3.63, 3.8) is 0 Å². The Labute approximate surface area is 70.2 Å². The molecule has 56 valence electrons. The van der Waals surface area contributed by atoms with Crippen LogP contribution in [0.5, 0.6) is 0 Å². The van der Waals surface area contributed by atoms with Gasteiger partial charge in [0.25, 0.3) is 0 Å². The molecule has 0 aromatic rings. The minimum Gasteiger partial charge on any atom is -0.550 e. The van der Waals surface area contributed by atoms with E-state index in [1.54, 1.807) is 0 Å². The summed E-state index contributed by atoms with van der Waals surface area (Å²) in [5.41, 5.74) is 0. The predicted molar refractivity (Wildman–Crippen MR) is 26.3 cm³/mol. The molecule has 0 aliphatic heterocycles. The second kappa shape index (κ2) is 8.95. The molecule has 0 bridgehead atoms. The fourth-order valence-electron chi connectivity index (χ4n) is 0.257. The molecule has 0 saturated carbocycles. The topological polar surface area (TPSA) is 112 Å². The Kier molecular flexibility index (Phi) is 14.8. The van der Waals surface area contributed by atoms with Crippen molar-refractivity contribution in [2.45, 2.75) is 12.5 Å². The number of carbonyl (C=O) groups is 1. The molecule has 5 nitrogen and oxygen atoms in total. The number of hydrogen-bond acceptors (Lipinski definition) is 4. The normalized spacial score (nSPS) is 10.6. The molecule has 4 N–H and O–H groups in total. The third kappa shape index (κ3) is 10.8. The summed E-state index contributed by atoms with van der Waals surface area (Å²) in [6, 6.07) is 0. The van der Waals surface area contributed by atoms with Crippen LogP contribution in [-0.2, 0) is 4.79 Å². The summed E-state index contributed by atoms with van der Waals surface area (Å²) < 4.78 is 0. The van der Waals surface area contributed by atoms with Crippen LogP contribution in [0.4, 0.5) is 0 Å². The average Bonchev–Trinajstić information content (AvgIpc) is 1.65. The Morgan fingerprint density at radius 1 is 1.60 bits per heavy atom. The van der Waals surface area contributed by atoms with Crippen LogP contribution in [0.1, 0.15) is 6.42 Å². The van der Waals surface area contributed by atoms with Gasteiger partial charge in [0, 0.05) is 12.4 Å². The van der Waals surface area contributed by atoms with Gasteiger partial charge in [0.1, 0.15) is 0 Å². The molecule has 1 atom stereocenters. The monoisotopic (exact) mass is 144 g/mol. The minimum absolute atomic E-state index is 0. The van der Waals surface area contributed by atoms with Crippen LogP contribution in [0.25, 0.3) is 0 Å². The summed E-state index contributed by atoms with van der Waals surface area (Å²) in [4.78, 5) is 9.59. The summed E-state index contributed by atoms with van der Waals surface area (Å²) >= 11 is 0. The first-order valence-corrected chi connectivity index (χ1v) is 2.15. The third-order valence-corrected chi connectivity index (χ3v) is 0.613. The molecule has 10 heavy (non-hydrogen) atoms. The number of carboxylic acid groups (broad SMARTS) is 1. The van der Waals surface area contributed by atoms with E-state index in [-0.39, 0.29) is 24.3 Å². The predicted octanol–water partition coefficient (Wildman–Crippen LogP) is -6.34. The van der Waals surface area contributed by atoms with E-state index >= 15 is 0 Å². The quantitative estimate of drug-likeness (QED) is 0.383. The number of rotatable bonds is 3. The van der Waals surface area contributed by atoms with Crippen LogP contribution in [0, 0.1) is 0 Å². The standard InChI is InChI=1S/C4H8O4.Li.H2O/c5-2-3(6)1-4(7)8;;/h3,5-6H,1-2H2,(H,7,8);;1H2/q;+1;/p-1/t3-;;/m0../s1. The fourth-order valence-corrected chi connectivity index (χ4v) is 0.257. The molecule has 0 heterocycles. The van der Waals surface area contributed by atoms with Crippen molar-refractivity contribution in [3.8, 4) is 0 Å². The van der Waals surface area contributed by atoms with Gasteiger partial charge >= 0.3 is 18.9 Å². The molecule has 6 heteroatoms. The second-order valence-electron chi connectivity index (χ2n) is 1.41. The van der Waals surface area contributed by atoms with Crippen molar-refractivity contribution in [2.75, 3.05) is 6.61 Å². The number of carboxylic acids is 1. The zero-order valence-electron chi connectivity index (χ0n) is 5.70. The molecule has 0 aliphatic rings. The molecule has 0 rings (SSSR count). The first-order chi connectivity index (χ1) is 3.66. The van der Waals surface area contributed by atoms with E-state index in [0.717, 1.165) is 0 Å². The van der Waals surface area contributed by atoms with Crippen LogP contribution in [0.3, 0.4) is 0 Å². The zero-order valence-corrected chi connectivity index (χ0v) is 5.70. The number of aliphatic hydroxyl groups excluding tert-OH is 2. The molecule has 0 saturated heterocycles. The van der Waals surface area contributed by atoms with E-state index in [1.807, 2.05) is 0 Å². The first kappa shape index (κ1) is 16.5. The van der Waals surface area contributed by atoms with Gasteiger partial charge in [-0.2, -0.15) is 0 Å². The number of aliphatic hydroxyl groups is 2. The average molecular weight is 144 g/mol. The van der Waals surface area contributed by atoms with Crippen molar-refractivity contribution in [3.05, 3.63) is 0 Å². The third-order valence-electron chi connectivity index (χ3n) is 0.613. The van der Waals surface area contributed by atoms with E-state index in [2.05, 4.69) is 0 Å². The first-order valence-electron chi connectivity index (χ1n) is 2.15. The van der Waals surface area contributed by atoms with Crippen LogP contribution < -0.4 is 24.0 Å². The van der Waals surface area contributed by atoms with Crippen molar-refractivity contribution >= 4 is 5.97 Å². The van der Waals surface area contributed by atoms with Crippen LogP contribution in [0.15, 0.2) is 0 Å². The van der Waals surface area contributed by atoms with E-state index in [0.29, 0.717) is 0 Å². The van der Waals surface area contributed by atoms with E-state index in [4.69, 9.17) is 10.2 Å². The number of aliphatic carboxylic acids is 1. The Morgan fingerprint density at radius 3 is 2.10 bits per heavy atom. The molecular weight excluding hydrogens is 135 g/mol. The number of carbonyl (C=O) groups excluding carboxylic acids is 1. The van der Waals surface area contributed by atoms with Gasteiger partial charge < -0.3 is 25.6 Å². The molecule has 0 fully saturated rings. The van der Waals surface area contributed by atoms with Gasteiger partial charge in [-0.25, -0.2) is 0 Å². The summed E-state index contributed by atoms with van der Waals surface area (Å²) in [5.74, 6) is -1.36. The van der Waals surface area contributed by atoms with Gasteiger partial charge in [-0.05, 0) is 0 Å². The largest absolute Gasteiger partial charge is 1.00 e. The van der Waals surface area contributed by atoms with Gasteiger partial charge in [-0.15, -0.1) is 0 Å². The molecule has 0 unspecified atom stereocenters. The van der Waals surface area contributed by atoms with Crippen molar-refractivity contribution in [1.29, 1.82) is 0 Å². The zero-order chi connectivity index (χ0) is 6.57. The maximum atomic E-state index is 9.59. The second-order valence-corrected chi connectivity index (χ2v) is 1.41. The van der Waals surface area contributed by atoms with Crippen LogP contribution in [-0.4, -0.2) is 34.4 Å². The minimum atomic E-state index is -1.36. The SMILES string of the molecule is O.O=C([O-])C[C@H](O)CO.[Li+]. The molecule has 0 spiro atoms. The maximum absolute atomic E-state index is 9.59. The van der Waals surface area contributed by atoms with Crippen LogP contribution >= 0.6 is 0 Å². The Bertz CT molecular complexity index is 85.7. The molecule has 0 aromatic carbocycles. The van der Waals surface area contributed by atoms with Gasteiger partial charge in [-0.1, -0.05) is 0 Å². The van der Waals surface area contributed by atoms with E-state index < -0.39 is 25.1 Å². The Balaban J connectivity index is -0.000000245. The summed E-state index contributed by atoms with van der Waals surface area (Å²) in [6.45, 7) is -0.534. The van der Waals surface area contributed by atoms with Gasteiger partial charge in [0.05, 0.1) is 12.7 Å². The maximum Gasteiger partial charge on any atom is 1.00 e. The van der Waals surface area contributed by atoms with Gasteiger partial charge in [-0.3, -0.25) is 0 Å². The number of hydrogen-bond donors (Lipinski definition) is 2. The molecular formula is C4H9LiO5. The van der Waals surface area contributed by atoms with E-state index in [9.17, 15) is 9.90 Å². The van der Waals surface area contributed by atoms with Crippen molar-refractivity contribution < 1.29 is 44.5 Å². The molecule has 0 aromatic heterocycles. The molecule has 0 radical (unpaired) electrons. The summed E-state index contributed by atoms with van der Waals surface area (Å²) in [5, 5.41) is 26.0. The fraction of sp³-hybridized carbons (Fsp3) is 0.750. The summed E-state index contributed by atoms with van der Waals surface area (Å²) in [7, 11) is 0. The Morgan fingerprint density at radius 2 is 2.00 bits per heavy atom. The van der Waals surface area contributed by atoms with E-state index in [1.165, 1.54) is 0 Å². The Hall–Kier alpha value is -0.0526. The van der Waals surface area contributed by atoms with Crippen molar-refractivity contribution in [2.24, 2.45) is 0 Å². The van der Waals surface area contributed by atoms with Crippen LogP contribution in [0.2, 0.25) is 0 Å². The van der Waals surface area contributed by atoms with Gasteiger partial charge in [0.2, 0.25) is 0 Å². The van der Waals surface area contributed by atoms with Crippen molar-refractivity contribution in [1.82, 2.24) is 0 Å². The molecule has 0 amide bonds. The molecule has 0 aliphatic carbocycles. The smallest absolute Gasteiger partial charge is 0.550 e. The summed E-state index contributed by atoms with van der Waals surface area (Å²) in [6.07, 6.45) is -1.68. The van der Waals surface area contributed by atoms with Gasteiger partial charge in [0.15, 0.2) is 0 Å².